The van der Waals surface area contributed by atoms with Gasteiger partial charge in [-0.15, -0.1) is 0 Å². The Kier molecular flexibility index (Phi) is 6.70. The lowest BCUT2D eigenvalue weighted by molar-refractivity contribution is 0.460. The Morgan fingerprint density at radius 2 is 1.69 bits per heavy atom. The highest BCUT2D eigenvalue weighted by molar-refractivity contribution is 5.75. The molecule has 0 saturated heterocycles. The molecule has 0 aliphatic heterocycles. The van der Waals surface area contributed by atoms with Gasteiger partial charge < -0.3 is 5.73 Å². The van der Waals surface area contributed by atoms with E-state index in [0.29, 0.717) is 40.2 Å². The molecule has 7 heteroatoms. The molecule has 1 unspecified atom stereocenters. The Morgan fingerprint density at radius 1 is 1.00 bits per heavy atom. The molecule has 4 rings (SSSR count). The molecule has 0 aliphatic carbocycles. The van der Waals surface area contributed by atoms with Crippen molar-refractivity contribution in [3.05, 3.63) is 92.7 Å². The third-order valence-corrected chi connectivity index (χ3v) is 6.64. The molecule has 2 heterocycles. The van der Waals surface area contributed by atoms with Gasteiger partial charge in [0.15, 0.2) is 5.65 Å². The highest BCUT2D eigenvalue weighted by Crippen LogP contribution is 2.32. The number of halogens is 2. The van der Waals surface area contributed by atoms with Gasteiger partial charge in [0.05, 0.1) is 16.8 Å². The molecule has 0 aliphatic rings. The van der Waals surface area contributed by atoms with E-state index in [4.69, 9.17) is 10.7 Å². The molecular weight excluding hydrogens is 446 g/mol. The number of hydrogen-bond donors (Lipinski definition) is 1. The van der Waals surface area contributed by atoms with Crippen LogP contribution in [0.3, 0.4) is 0 Å². The van der Waals surface area contributed by atoms with Gasteiger partial charge >= 0.3 is 0 Å². The van der Waals surface area contributed by atoms with Crippen molar-refractivity contribution >= 4 is 16.7 Å². The summed E-state index contributed by atoms with van der Waals surface area (Å²) in [5.41, 5.74) is 10.9. The number of hydrogen-bond acceptors (Lipinski definition) is 4. The van der Waals surface area contributed by atoms with E-state index in [9.17, 15) is 13.6 Å². The fraction of sp³-hybridized carbons (Fsp3) is 0.321. The van der Waals surface area contributed by atoms with Crippen LogP contribution in [0.15, 0.2) is 47.3 Å². The number of nitrogens with two attached hydrogens (primary N) is 1. The van der Waals surface area contributed by atoms with Gasteiger partial charge in [-0.2, -0.15) is 0 Å². The monoisotopic (exact) mass is 476 g/mol. The van der Waals surface area contributed by atoms with Crippen LogP contribution in [0.5, 0.6) is 0 Å². The number of pyridine rings is 1. The van der Waals surface area contributed by atoms with E-state index >= 15 is 0 Å². The average molecular weight is 477 g/mol. The summed E-state index contributed by atoms with van der Waals surface area (Å²) in [6, 6.07) is 10.8. The maximum Gasteiger partial charge on any atom is 0.267 e. The first-order chi connectivity index (χ1) is 16.6. The Balaban J connectivity index is 2.03. The van der Waals surface area contributed by atoms with Gasteiger partial charge in [0.25, 0.3) is 5.56 Å². The molecule has 35 heavy (non-hydrogen) atoms. The first kappa shape index (κ1) is 24.5. The number of aryl methyl sites for hydroxylation is 2. The van der Waals surface area contributed by atoms with Crippen LogP contribution in [-0.2, 0) is 12.8 Å². The smallest absolute Gasteiger partial charge is 0.267 e. The number of fused-ring (bicyclic) bond motifs is 1. The lowest BCUT2D eigenvalue weighted by atomic mass is 9.87. The van der Waals surface area contributed by atoms with E-state index < -0.39 is 11.6 Å². The van der Waals surface area contributed by atoms with E-state index in [1.807, 2.05) is 39.8 Å². The number of nitrogen functional groups attached to an aromatic ring is 1. The topological polar surface area (TPSA) is 73.8 Å². The molecule has 0 fully saturated rings. The zero-order chi connectivity index (χ0) is 25.4. The minimum Gasteiger partial charge on any atom is -0.397 e. The Bertz CT molecular complexity index is 1460. The number of aromatic nitrogens is 3. The summed E-state index contributed by atoms with van der Waals surface area (Å²) in [6.45, 7) is 9.83. The summed E-state index contributed by atoms with van der Waals surface area (Å²) in [5.74, 6) is -1.15. The fourth-order valence-corrected chi connectivity index (χ4v) is 4.60. The summed E-state index contributed by atoms with van der Waals surface area (Å²) >= 11 is 0. The van der Waals surface area contributed by atoms with Crippen molar-refractivity contribution in [2.24, 2.45) is 5.92 Å². The molecule has 0 radical (unpaired) electrons. The third kappa shape index (κ3) is 4.67. The summed E-state index contributed by atoms with van der Waals surface area (Å²) in [6.07, 6.45) is 1.11. The van der Waals surface area contributed by atoms with Crippen molar-refractivity contribution < 1.29 is 8.78 Å². The molecule has 0 spiro atoms. The van der Waals surface area contributed by atoms with Crippen LogP contribution in [-0.4, -0.2) is 14.5 Å². The van der Waals surface area contributed by atoms with Crippen LogP contribution in [0, 0.1) is 31.4 Å². The molecule has 5 nitrogen and oxygen atoms in total. The van der Waals surface area contributed by atoms with Gasteiger partial charge in [-0.05, 0) is 79.6 Å². The van der Waals surface area contributed by atoms with Crippen LogP contribution in [0.25, 0.3) is 16.7 Å². The van der Waals surface area contributed by atoms with Crippen molar-refractivity contribution in [2.45, 2.75) is 53.4 Å². The van der Waals surface area contributed by atoms with E-state index in [0.717, 1.165) is 29.3 Å². The number of nitrogens with zero attached hydrogens (tertiary/aromatic N) is 3. The van der Waals surface area contributed by atoms with Crippen LogP contribution in [0.4, 0.5) is 14.5 Å². The summed E-state index contributed by atoms with van der Waals surface area (Å²) in [7, 11) is 0. The SMILES string of the molecule is CCc1ccc(-n2c(C(Cc3cc(F)cc(F)c3)C(C)C)nc3nc(C)ccc3c2=O)c(N)c1C. The molecule has 2 N–H and O–H groups in total. The van der Waals surface area contributed by atoms with E-state index in [1.54, 1.807) is 16.7 Å². The molecule has 2 aromatic heterocycles. The van der Waals surface area contributed by atoms with Crippen LogP contribution in [0.1, 0.15) is 54.9 Å². The first-order valence-corrected chi connectivity index (χ1v) is 11.8. The zero-order valence-electron chi connectivity index (χ0n) is 20.7. The predicted molar refractivity (Wildman–Crippen MR) is 136 cm³/mol. The largest absolute Gasteiger partial charge is 0.397 e. The standard InChI is InChI=1S/C28H30F2N4O/c1-6-19-8-10-24(25(31)17(19)5)34-27(33-26-22(28(34)35)9-7-16(4)32-26)23(15(2)3)13-18-11-20(29)14-21(30)12-18/h7-12,14-15,23H,6,13,31H2,1-5H3. The maximum atomic E-state index is 14.0. The quantitative estimate of drug-likeness (QED) is 0.357. The lowest BCUT2D eigenvalue weighted by Gasteiger charge is -2.25. The Labute approximate surface area is 203 Å². The summed E-state index contributed by atoms with van der Waals surface area (Å²) in [5, 5.41) is 0.385. The van der Waals surface area contributed by atoms with Crippen molar-refractivity contribution in [1.29, 1.82) is 0 Å². The van der Waals surface area contributed by atoms with Gasteiger partial charge in [0.2, 0.25) is 0 Å². The molecular formula is C28H30F2N4O. The second-order valence-electron chi connectivity index (χ2n) is 9.40. The van der Waals surface area contributed by atoms with Gasteiger partial charge in [0.1, 0.15) is 17.5 Å². The van der Waals surface area contributed by atoms with Crippen LogP contribution < -0.4 is 11.3 Å². The molecule has 182 valence electrons. The highest BCUT2D eigenvalue weighted by atomic mass is 19.1. The highest BCUT2D eigenvalue weighted by Gasteiger charge is 2.26. The van der Waals surface area contributed by atoms with Gasteiger partial charge in [0, 0.05) is 17.7 Å². The second kappa shape index (κ2) is 9.56. The minimum absolute atomic E-state index is 0.000950. The molecule has 0 amide bonds. The molecule has 2 aromatic carbocycles. The first-order valence-electron chi connectivity index (χ1n) is 11.8. The van der Waals surface area contributed by atoms with Crippen LogP contribution in [0.2, 0.25) is 0 Å². The van der Waals surface area contributed by atoms with E-state index in [2.05, 4.69) is 11.9 Å². The van der Waals surface area contributed by atoms with Crippen LogP contribution >= 0.6 is 0 Å². The third-order valence-electron chi connectivity index (χ3n) is 6.64. The van der Waals surface area contributed by atoms with Gasteiger partial charge in [-0.3, -0.25) is 9.36 Å². The van der Waals surface area contributed by atoms with Crippen molar-refractivity contribution in [3.63, 3.8) is 0 Å². The van der Waals surface area contributed by atoms with E-state index in [-0.39, 0.29) is 17.4 Å². The fourth-order valence-electron chi connectivity index (χ4n) is 4.60. The average Bonchev–Trinajstić information content (AvgIpc) is 2.78. The normalized spacial score (nSPS) is 12.5. The minimum atomic E-state index is -0.640. The van der Waals surface area contributed by atoms with Gasteiger partial charge in [-0.25, -0.2) is 18.7 Å². The van der Waals surface area contributed by atoms with Crippen molar-refractivity contribution in [3.8, 4) is 5.69 Å². The summed E-state index contributed by atoms with van der Waals surface area (Å²) in [4.78, 5) is 23.2. The summed E-state index contributed by atoms with van der Waals surface area (Å²) < 4.78 is 29.5. The zero-order valence-corrected chi connectivity index (χ0v) is 20.7. The lowest BCUT2D eigenvalue weighted by Crippen LogP contribution is -2.29. The molecule has 0 saturated carbocycles. The molecule has 4 aromatic rings. The van der Waals surface area contributed by atoms with Crippen molar-refractivity contribution in [2.75, 3.05) is 5.73 Å². The molecule has 0 bridgehead atoms. The predicted octanol–water partition coefficient (Wildman–Crippen LogP) is 5.80. The number of rotatable bonds is 6. The Hall–Kier alpha value is -3.61. The Morgan fingerprint density at radius 3 is 2.31 bits per heavy atom. The maximum absolute atomic E-state index is 14.0. The molecule has 1 atom stereocenters. The van der Waals surface area contributed by atoms with E-state index in [1.165, 1.54) is 12.1 Å². The number of benzene rings is 2. The number of anilines is 1. The van der Waals surface area contributed by atoms with Crippen molar-refractivity contribution in [1.82, 2.24) is 14.5 Å². The second-order valence-corrected chi connectivity index (χ2v) is 9.40. The van der Waals surface area contributed by atoms with Gasteiger partial charge in [-0.1, -0.05) is 26.8 Å².